The quantitative estimate of drug-likeness (QED) is 0.784. The van der Waals surface area contributed by atoms with E-state index >= 15 is 0 Å². The molecule has 3 nitrogen and oxygen atoms in total. The van der Waals surface area contributed by atoms with Gasteiger partial charge in [-0.3, -0.25) is 0 Å². The smallest absolute Gasteiger partial charge is 0.337 e. The molecule has 0 saturated heterocycles. The average Bonchev–Trinajstić information content (AvgIpc) is 2.81. The van der Waals surface area contributed by atoms with Crippen molar-refractivity contribution >= 4 is 32.8 Å². The zero-order chi connectivity index (χ0) is 14.1. The molecule has 100 valence electrons. The van der Waals surface area contributed by atoms with Gasteiger partial charge in [0, 0.05) is 28.1 Å². The summed E-state index contributed by atoms with van der Waals surface area (Å²) in [7, 11) is 0. The number of para-hydroxylation sites is 1. The minimum atomic E-state index is -0.896. The van der Waals surface area contributed by atoms with Crippen LogP contribution in [0.3, 0.4) is 0 Å². The van der Waals surface area contributed by atoms with Crippen LogP contribution in [0.1, 0.15) is 15.9 Å². The van der Waals surface area contributed by atoms with Crippen LogP contribution in [0.4, 0.5) is 0 Å². The lowest BCUT2D eigenvalue weighted by atomic mass is 10.2. The topological polar surface area (TPSA) is 42.2 Å². The van der Waals surface area contributed by atoms with Crippen molar-refractivity contribution in [3.8, 4) is 0 Å². The number of hydrogen-bond acceptors (Lipinski definition) is 1. The van der Waals surface area contributed by atoms with Crippen molar-refractivity contribution in [1.29, 1.82) is 0 Å². The minimum absolute atomic E-state index is 0.340. The summed E-state index contributed by atoms with van der Waals surface area (Å²) in [5.74, 6) is -0.896. The first kappa shape index (κ1) is 12.9. The van der Waals surface area contributed by atoms with Gasteiger partial charge < -0.3 is 9.67 Å². The third kappa shape index (κ3) is 2.23. The standard InChI is InChI=1S/C16H12BrNO2/c17-14-7-3-1-5-11(14)9-18-10-13(16(19)20)12-6-2-4-8-15(12)18/h1-8,10H,9H2,(H,19,20). The molecule has 0 radical (unpaired) electrons. The van der Waals surface area contributed by atoms with E-state index in [0.29, 0.717) is 12.1 Å². The lowest BCUT2D eigenvalue weighted by molar-refractivity contribution is 0.0699. The molecular formula is C16H12BrNO2. The fourth-order valence-corrected chi connectivity index (χ4v) is 2.77. The summed E-state index contributed by atoms with van der Waals surface area (Å²) < 4.78 is 2.99. The summed E-state index contributed by atoms with van der Waals surface area (Å²) in [5, 5.41) is 10.1. The van der Waals surface area contributed by atoms with Crippen molar-refractivity contribution in [2.24, 2.45) is 0 Å². The number of nitrogens with zero attached hydrogens (tertiary/aromatic N) is 1. The van der Waals surface area contributed by atoms with Crippen LogP contribution < -0.4 is 0 Å². The number of halogens is 1. The second-order valence-electron chi connectivity index (χ2n) is 4.58. The van der Waals surface area contributed by atoms with E-state index in [1.165, 1.54) is 0 Å². The molecular weight excluding hydrogens is 318 g/mol. The van der Waals surface area contributed by atoms with Crippen molar-refractivity contribution in [3.05, 3.63) is 70.3 Å². The van der Waals surface area contributed by atoms with Crippen LogP contribution in [-0.4, -0.2) is 15.6 Å². The van der Waals surface area contributed by atoms with Gasteiger partial charge in [-0.2, -0.15) is 0 Å². The average molecular weight is 330 g/mol. The van der Waals surface area contributed by atoms with Crippen molar-refractivity contribution in [2.45, 2.75) is 6.54 Å². The number of aromatic carboxylic acids is 1. The van der Waals surface area contributed by atoms with E-state index in [2.05, 4.69) is 15.9 Å². The first-order valence-electron chi connectivity index (χ1n) is 6.21. The highest BCUT2D eigenvalue weighted by atomic mass is 79.9. The zero-order valence-corrected chi connectivity index (χ0v) is 12.2. The number of carbonyl (C=O) groups is 1. The van der Waals surface area contributed by atoms with Gasteiger partial charge >= 0.3 is 5.97 Å². The largest absolute Gasteiger partial charge is 0.478 e. The fourth-order valence-electron chi connectivity index (χ4n) is 2.36. The van der Waals surface area contributed by atoms with Crippen molar-refractivity contribution in [1.82, 2.24) is 4.57 Å². The number of aromatic nitrogens is 1. The highest BCUT2D eigenvalue weighted by Crippen LogP contribution is 2.24. The maximum atomic E-state index is 11.3. The molecule has 2 aromatic carbocycles. The summed E-state index contributed by atoms with van der Waals surface area (Å²) in [5.41, 5.74) is 2.39. The van der Waals surface area contributed by atoms with E-state index < -0.39 is 5.97 Å². The Labute approximate surface area is 124 Å². The molecule has 3 rings (SSSR count). The Kier molecular flexibility index (Phi) is 3.32. The van der Waals surface area contributed by atoms with Gasteiger partial charge in [-0.15, -0.1) is 0 Å². The molecule has 3 aromatic rings. The molecule has 1 aromatic heterocycles. The molecule has 0 spiro atoms. The second-order valence-corrected chi connectivity index (χ2v) is 5.44. The van der Waals surface area contributed by atoms with Crippen LogP contribution in [0.15, 0.2) is 59.2 Å². The number of benzene rings is 2. The van der Waals surface area contributed by atoms with Gasteiger partial charge in [0.1, 0.15) is 0 Å². The van der Waals surface area contributed by atoms with Crippen LogP contribution >= 0.6 is 15.9 Å². The number of fused-ring (bicyclic) bond motifs is 1. The number of carboxylic acids is 1. The van der Waals surface area contributed by atoms with Gasteiger partial charge in [0.05, 0.1) is 5.56 Å². The lowest BCUT2D eigenvalue weighted by Gasteiger charge is -2.07. The van der Waals surface area contributed by atoms with Crippen molar-refractivity contribution < 1.29 is 9.90 Å². The normalized spacial score (nSPS) is 10.8. The Morgan fingerprint density at radius 1 is 1.10 bits per heavy atom. The van der Waals surface area contributed by atoms with Crippen LogP contribution in [0.2, 0.25) is 0 Å². The van der Waals surface area contributed by atoms with Crippen LogP contribution in [0.5, 0.6) is 0 Å². The number of rotatable bonds is 3. The Bertz CT molecular complexity index is 792. The van der Waals surface area contributed by atoms with E-state index in [-0.39, 0.29) is 0 Å². The third-order valence-corrected chi connectivity index (χ3v) is 4.09. The highest BCUT2D eigenvalue weighted by Gasteiger charge is 2.14. The Morgan fingerprint density at radius 2 is 1.80 bits per heavy atom. The van der Waals surface area contributed by atoms with Crippen molar-refractivity contribution in [2.75, 3.05) is 0 Å². The molecule has 20 heavy (non-hydrogen) atoms. The second kappa shape index (κ2) is 5.13. The fraction of sp³-hybridized carbons (Fsp3) is 0.0625. The minimum Gasteiger partial charge on any atom is -0.478 e. The molecule has 0 bridgehead atoms. The molecule has 0 amide bonds. The number of hydrogen-bond donors (Lipinski definition) is 1. The zero-order valence-electron chi connectivity index (χ0n) is 10.6. The molecule has 0 aliphatic carbocycles. The maximum Gasteiger partial charge on any atom is 0.337 e. The Morgan fingerprint density at radius 3 is 2.55 bits per heavy atom. The van der Waals surface area contributed by atoms with E-state index in [4.69, 9.17) is 0 Å². The van der Waals surface area contributed by atoms with Crippen LogP contribution in [0, 0.1) is 0 Å². The van der Waals surface area contributed by atoms with Gasteiger partial charge in [0.15, 0.2) is 0 Å². The van der Waals surface area contributed by atoms with Gasteiger partial charge in [0.2, 0.25) is 0 Å². The van der Waals surface area contributed by atoms with Gasteiger partial charge in [-0.1, -0.05) is 52.3 Å². The predicted molar refractivity (Wildman–Crippen MR) is 82.1 cm³/mol. The summed E-state index contributed by atoms with van der Waals surface area (Å²) in [4.78, 5) is 11.3. The molecule has 0 fully saturated rings. The molecule has 0 atom stereocenters. The number of carboxylic acid groups (broad SMARTS) is 1. The van der Waals surface area contributed by atoms with Gasteiger partial charge in [-0.05, 0) is 17.7 Å². The molecule has 0 aliphatic rings. The molecule has 0 unspecified atom stereocenters. The summed E-state index contributed by atoms with van der Waals surface area (Å²) in [6.45, 7) is 0.634. The lowest BCUT2D eigenvalue weighted by Crippen LogP contribution is -1.99. The highest BCUT2D eigenvalue weighted by molar-refractivity contribution is 9.10. The Balaban J connectivity index is 2.13. The summed E-state index contributed by atoms with van der Waals surface area (Å²) in [6, 6.07) is 15.5. The SMILES string of the molecule is O=C(O)c1cn(Cc2ccccc2Br)c2ccccc12. The van der Waals surface area contributed by atoms with Crippen LogP contribution in [0.25, 0.3) is 10.9 Å². The first-order valence-corrected chi connectivity index (χ1v) is 7.00. The molecule has 0 saturated carbocycles. The molecule has 1 heterocycles. The predicted octanol–water partition coefficient (Wildman–Crippen LogP) is 4.15. The Hall–Kier alpha value is -2.07. The van der Waals surface area contributed by atoms with Crippen LogP contribution in [-0.2, 0) is 6.54 Å². The van der Waals surface area contributed by atoms with Crippen molar-refractivity contribution in [3.63, 3.8) is 0 Å². The van der Waals surface area contributed by atoms with Gasteiger partial charge in [0.25, 0.3) is 0 Å². The van der Waals surface area contributed by atoms with E-state index in [9.17, 15) is 9.90 Å². The van der Waals surface area contributed by atoms with E-state index in [1.54, 1.807) is 6.20 Å². The first-order chi connectivity index (χ1) is 9.66. The summed E-state index contributed by atoms with van der Waals surface area (Å²) >= 11 is 3.52. The van der Waals surface area contributed by atoms with E-state index in [1.807, 2.05) is 53.1 Å². The molecule has 4 heteroatoms. The molecule has 1 N–H and O–H groups in total. The van der Waals surface area contributed by atoms with E-state index in [0.717, 1.165) is 20.9 Å². The van der Waals surface area contributed by atoms with Gasteiger partial charge in [-0.25, -0.2) is 4.79 Å². The monoisotopic (exact) mass is 329 g/mol. The summed E-state index contributed by atoms with van der Waals surface area (Å²) in [6.07, 6.45) is 1.70. The maximum absolute atomic E-state index is 11.3. The molecule has 0 aliphatic heterocycles. The third-order valence-electron chi connectivity index (χ3n) is 3.32.